The minimum Gasteiger partial charge on any atom is -0.388 e. The van der Waals surface area contributed by atoms with E-state index in [0.717, 1.165) is 19.5 Å². The fraction of sp³-hybridized carbons (Fsp3) is 0.909. The first-order valence-electron chi connectivity index (χ1n) is 5.73. The molecule has 1 saturated heterocycles. The molecule has 1 aliphatic rings. The highest BCUT2D eigenvalue weighted by Crippen LogP contribution is 2.12. The van der Waals surface area contributed by atoms with Crippen LogP contribution in [-0.2, 0) is 4.79 Å². The van der Waals surface area contributed by atoms with E-state index < -0.39 is 5.60 Å². The minimum atomic E-state index is -0.774. The molecule has 0 saturated carbocycles. The maximum atomic E-state index is 11.5. The van der Waals surface area contributed by atoms with Crippen molar-refractivity contribution in [2.24, 2.45) is 5.92 Å². The second-order valence-corrected chi connectivity index (χ2v) is 4.69. The zero-order valence-corrected chi connectivity index (χ0v) is 9.68. The molecule has 3 N–H and O–H groups in total. The van der Waals surface area contributed by atoms with Crippen molar-refractivity contribution in [1.82, 2.24) is 10.6 Å². The monoisotopic (exact) mass is 214 g/mol. The first-order valence-corrected chi connectivity index (χ1v) is 5.73. The lowest BCUT2D eigenvalue weighted by Gasteiger charge is -2.21. The van der Waals surface area contributed by atoms with E-state index in [1.807, 2.05) is 6.92 Å². The van der Waals surface area contributed by atoms with Crippen molar-refractivity contribution in [3.8, 4) is 0 Å². The van der Waals surface area contributed by atoms with Gasteiger partial charge < -0.3 is 15.7 Å². The summed E-state index contributed by atoms with van der Waals surface area (Å²) in [5.41, 5.74) is -0.774. The zero-order chi connectivity index (χ0) is 11.3. The van der Waals surface area contributed by atoms with Crippen LogP contribution in [0.5, 0.6) is 0 Å². The molecule has 1 fully saturated rings. The van der Waals surface area contributed by atoms with Crippen molar-refractivity contribution >= 4 is 5.91 Å². The number of carbonyl (C=O) groups is 1. The average Bonchev–Trinajstić information content (AvgIpc) is 2.68. The van der Waals surface area contributed by atoms with Gasteiger partial charge in [0.2, 0.25) is 5.91 Å². The van der Waals surface area contributed by atoms with Gasteiger partial charge in [-0.15, -0.1) is 0 Å². The van der Waals surface area contributed by atoms with Crippen molar-refractivity contribution in [2.75, 3.05) is 19.6 Å². The summed E-state index contributed by atoms with van der Waals surface area (Å²) in [5.74, 6) is 0.522. The molecule has 0 aliphatic carbocycles. The molecule has 1 amide bonds. The van der Waals surface area contributed by atoms with Crippen molar-refractivity contribution in [1.29, 1.82) is 0 Å². The molecule has 1 rings (SSSR count). The molecule has 2 atom stereocenters. The number of nitrogens with one attached hydrogen (secondary N) is 2. The Balaban J connectivity index is 2.18. The number of carbonyl (C=O) groups excluding carboxylic acids is 1. The predicted octanol–water partition coefficient (Wildman–Crippen LogP) is 0.263. The second-order valence-electron chi connectivity index (χ2n) is 4.69. The third-order valence-electron chi connectivity index (χ3n) is 3.06. The first kappa shape index (κ1) is 12.5. The molecule has 2 unspecified atom stereocenters. The van der Waals surface area contributed by atoms with Gasteiger partial charge >= 0.3 is 0 Å². The quantitative estimate of drug-likeness (QED) is 0.615. The number of amides is 1. The molecule has 15 heavy (non-hydrogen) atoms. The number of hydrogen-bond acceptors (Lipinski definition) is 3. The molecule has 0 aromatic heterocycles. The van der Waals surface area contributed by atoms with Gasteiger partial charge in [0.05, 0.1) is 5.60 Å². The van der Waals surface area contributed by atoms with Crippen LogP contribution in [0.1, 0.15) is 33.1 Å². The molecule has 1 aliphatic heterocycles. The van der Waals surface area contributed by atoms with Crippen molar-refractivity contribution in [3.63, 3.8) is 0 Å². The first-order chi connectivity index (χ1) is 7.03. The van der Waals surface area contributed by atoms with Crippen LogP contribution in [-0.4, -0.2) is 36.2 Å². The van der Waals surface area contributed by atoms with Crippen LogP contribution in [0.4, 0.5) is 0 Å². The maximum Gasteiger partial charge on any atom is 0.220 e. The van der Waals surface area contributed by atoms with E-state index in [1.165, 1.54) is 0 Å². The van der Waals surface area contributed by atoms with E-state index >= 15 is 0 Å². The number of aliphatic hydroxyl groups is 1. The number of rotatable bonds is 5. The summed E-state index contributed by atoms with van der Waals surface area (Å²) in [6.45, 7) is 5.96. The topological polar surface area (TPSA) is 61.4 Å². The van der Waals surface area contributed by atoms with Crippen LogP contribution in [0.2, 0.25) is 0 Å². The van der Waals surface area contributed by atoms with E-state index in [1.54, 1.807) is 6.92 Å². The Hall–Kier alpha value is -0.610. The van der Waals surface area contributed by atoms with Gasteiger partial charge in [0.1, 0.15) is 0 Å². The number of hydrogen-bond donors (Lipinski definition) is 3. The van der Waals surface area contributed by atoms with Gasteiger partial charge in [0.15, 0.2) is 0 Å². The van der Waals surface area contributed by atoms with Crippen LogP contribution in [0.15, 0.2) is 0 Å². The van der Waals surface area contributed by atoms with Gasteiger partial charge in [0, 0.05) is 13.0 Å². The highest BCUT2D eigenvalue weighted by atomic mass is 16.3. The Kier molecular flexibility index (Phi) is 4.54. The van der Waals surface area contributed by atoms with Crippen LogP contribution in [0.3, 0.4) is 0 Å². The summed E-state index contributed by atoms with van der Waals surface area (Å²) in [6.07, 6.45) is 2.31. The summed E-state index contributed by atoms with van der Waals surface area (Å²) >= 11 is 0. The Morgan fingerprint density at radius 3 is 2.93 bits per heavy atom. The van der Waals surface area contributed by atoms with Gasteiger partial charge in [-0.25, -0.2) is 0 Å². The Morgan fingerprint density at radius 2 is 2.40 bits per heavy atom. The fourth-order valence-corrected chi connectivity index (χ4v) is 1.64. The van der Waals surface area contributed by atoms with E-state index in [0.29, 0.717) is 25.3 Å². The Bertz CT molecular complexity index is 211. The molecular formula is C11H22N2O2. The van der Waals surface area contributed by atoms with E-state index in [4.69, 9.17) is 0 Å². The fourth-order valence-electron chi connectivity index (χ4n) is 1.64. The SMILES string of the molecule is CCC(C)(O)CNC(=O)CC1CCNC1. The molecule has 0 aromatic rings. The van der Waals surface area contributed by atoms with Crippen LogP contribution < -0.4 is 10.6 Å². The Labute approximate surface area is 91.4 Å². The molecule has 4 heteroatoms. The summed E-state index contributed by atoms with van der Waals surface area (Å²) in [6, 6.07) is 0. The lowest BCUT2D eigenvalue weighted by atomic mass is 10.0. The average molecular weight is 214 g/mol. The van der Waals surface area contributed by atoms with Gasteiger partial charge in [-0.05, 0) is 38.8 Å². The van der Waals surface area contributed by atoms with Crippen molar-refractivity contribution in [2.45, 2.75) is 38.7 Å². The smallest absolute Gasteiger partial charge is 0.220 e. The summed E-state index contributed by atoms with van der Waals surface area (Å²) in [4.78, 5) is 11.5. The van der Waals surface area contributed by atoms with Crippen molar-refractivity contribution in [3.05, 3.63) is 0 Å². The molecule has 0 aromatic carbocycles. The maximum absolute atomic E-state index is 11.5. The minimum absolute atomic E-state index is 0.0532. The van der Waals surface area contributed by atoms with E-state index in [-0.39, 0.29) is 5.91 Å². The van der Waals surface area contributed by atoms with Gasteiger partial charge in [-0.2, -0.15) is 0 Å². The lowest BCUT2D eigenvalue weighted by molar-refractivity contribution is -0.123. The molecular weight excluding hydrogens is 192 g/mol. The molecule has 1 heterocycles. The van der Waals surface area contributed by atoms with E-state index in [2.05, 4.69) is 10.6 Å². The largest absolute Gasteiger partial charge is 0.388 e. The van der Waals surface area contributed by atoms with Crippen LogP contribution >= 0.6 is 0 Å². The van der Waals surface area contributed by atoms with E-state index in [9.17, 15) is 9.90 Å². The highest BCUT2D eigenvalue weighted by Gasteiger charge is 2.21. The van der Waals surface area contributed by atoms with Crippen molar-refractivity contribution < 1.29 is 9.90 Å². The van der Waals surface area contributed by atoms with Gasteiger partial charge in [-0.3, -0.25) is 4.79 Å². The third kappa shape index (κ3) is 4.62. The molecule has 4 nitrogen and oxygen atoms in total. The summed E-state index contributed by atoms with van der Waals surface area (Å²) in [7, 11) is 0. The standard InChI is InChI=1S/C11H22N2O2/c1-3-11(2,15)8-13-10(14)6-9-4-5-12-7-9/h9,12,15H,3-8H2,1-2H3,(H,13,14). The second kappa shape index (κ2) is 5.47. The van der Waals surface area contributed by atoms with Crippen LogP contribution in [0, 0.1) is 5.92 Å². The normalized spacial score (nSPS) is 24.9. The molecule has 0 bridgehead atoms. The van der Waals surface area contributed by atoms with Gasteiger partial charge in [0.25, 0.3) is 0 Å². The summed E-state index contributed by atoms with van der Waals surface area (Å²) in [5, 5.41) is 15.7. The van der Waals surface area contributed by atoms with Gasteiger partial charge in [-0.1, -0.05) is 6.92 Å². The predicted molar refractivity (Wildman–Crippen MR) is 59.5 cm³/mol. The highest BCUT2D eigenvalue weighted by molar-refractivity contribution is 5.76. The lowest BCUT2D eigenvalue weighted by Crippen LogP contribution is -2.40. The Morgan fingerprint density at radius 1 is 1.67 bits per heavy atom. The molecule has 0 spiro atoms. The third-order valence-corrected chi connectivity index (χ3v) is 3.06. The van der Waals surface area contributed by atoms with Crippen LogP contribution in [0.25, 0.3) is 0 Å². The molecule has 0 radical (unpaired) electrons. The summed E-state index contributed by atoms with van der Waals surface area (Å²) < 4.78 is 0. The zero-order valence-electron chi connectivity index (χ0n) is 9.68. The molecule has 88 valence electrons.